The molecule has 7 nitrogen and oxygen atoms in total. The van der Waals surface area contributed by atoms with Gasteiger partial charge in [0, 0.05) is 55.6 Å². The van der Waals surface area contributed by atoms with Crippen molar-refractivity contribution in [2.75, 3.05) is 39.4 Å². The van der Waals surface area contributed by atoms with Crippen LogP contribution in [0.4, 0.5) is 0 Å². The van der Waals surface area contributed by atoms with Gasteiger partial charge >= 0.3 is 0 Å². The minimum absolute atomic E-state index is 0. The van der Waals surface area contributed by atoms with E-state index in [0.29, 0.717) is 0 Å². The van der Waals surface area contributed by atoms with Gasteiger partial charge in [0.15, 0.2) is 5.65 Å². The Morgan fingerprint density at radius 2 is 1.63 bits per heavy atom. The number of benzene rings is 2. The fourth-order valence-corrected chi connectivity index (χ4v) is 4.56. The van der Waals surface area contributed by atoms with Gasteiger partial charge in [-0.25, -0.2) is 9.97 Å². The summed E-state index contributed by atoms with van der Waals surface area (Å²) in [6.45, 7) is 6.23. The SMILES string of the molecule is Cl.O=C(c1ccc(-c2ccnc3[nH]c(-c4ccc(CN5CCOCC5)cc4)nc23)cc1)N1CCC1. The van der Waals surface area contributed by atoms with E-state index < -0.39 is 0 Å². The number of hydrogen-bond donors (Lipinski definition) is 1. The second kappa shape index (κ2) is 10.2. The molecule has 0 bridgehead atoms. The van der Waals surface area contributed by atoms with Crippen molar-refractivity contribution >= 4 is 29.5 Å². The molecule has 0 saturated carbocycles. The highest BCUT2D eigenvalue weighted by Crippen LogP contribution is 2.29. The Morgan fingerprint density at radius 1 is 0.914 bits per heavy atom. The van der Waals surface area contributed by atoms with Crippen LogP contribution in [0.2, 0.25) is 0 Å². The molecule has 35 heavy (non-hydrogen) atoms. The number of nitrogens with one attached hydrogen (secondary N) is 1. The highest BCUT2D eigenvalue weighted by molar-refractivity contribution is 5.96. The number of likely N-dealkylation sites (tertiary alicyclic amines) is 1. The Morgan fingerprint density at radius 3 is 2.31 bits per heavy atom. The first kappa shape index (κ1) is 23.5. The van der Waals surface area contributed by atoms with E-state index in [1.165, 1.54) is 5.56 Å². The van der Waals surface area contributed by atoms with Gasteiger partial charge in [0.1, 0.15) is 11.3 Å². The molecule has 2 fully saturated rings. The summed E-state index contributed by atoms with van der Waals surface area (Å²) < 4.78 is 5.44. The lowest BCUT2D eigenvalue weighted by atomic mass is 10.0. The number of imidazole rings is 1. The van der Waals surface area contributed by atoms with Crippen LogP contribution in [0.5, 0.6) is 0 Å². The van der Waals surface area contributed by atoms with Crippen molar-refractivity contribution in [2.24, 2.45) is 0 Å². The zero-order chi connectivity index (χ0) is 22.9. The number of amides is 1. The standard InChI is InChI=1S/C27H27N5O2.ClH/c33-27(32-12-1-13-32)22-8-6-20(7-9-22)23-10-11-28-26-24(23)29-25(30-26)21-4-2-19(3-5-21)18-31-14-16-34-17-15-31;/h2-11H,1,12-18H2,(H,28,29,30);1H. The van der Waals surface area contributed by atoms with Gasteiger partial charge in [0.2, 0.25) is 0 Å². The zero-order valence-corrected chi connectivity index (χ0v) is 20.3. The van der Waals surface area contributed by atoms with Gasteiger partial charge in [-0.3, -0.25) is 9.69 Å². The number of rotatable bonds is 5. The van der Waals surface area contributed by atoms with Gasteiger partial charge in [-0.05, 0) is 35.7 Å². The van der Waals surface area contributed by atoms with Crippen LogP contribution in [-0.4, -0.2) is 70.1 Å². The number of halogens is 1. The summed E-state index contributed by atoms with van der Waals surface area (Å²) in [5.74, 6) is 0.911. The summed E-state index contributed by atoms with van der Waals surface area (Å²) >= 11 is 0. The average molecular weight is 490 g/mol. The smallest absolute Gasteiger partial charge is 0.253 e. The highest BCUT2D eigenvalue weighted by atomic mass is 35.5. The third-order valence-corrected chi connectivity index (χ3v) is 6.71. The average Bonchev–Trinajstić information content (AvgIpc) is 3.29. The van der Waals surface area contributed by atoms with Crippen LogP contribution in [0.25, 0.3) is 33.7 Å². The molecule has 2 aromatic heterocycles. The van der Waals surface area contributed by atoms with Crippen LogP contribution in [0, 0.1) is 0 Å². The number of hydrogen-bond acceptors (Lipinski definition) is 5. The first-order chi connectivity index (χ1) is 16.7. The zero-order valence-electron chi connectivity index (χ0n) is 19.4. The highest BCUT2D eigenvalue weighted by Gasteiger charge is 2.21. The second-order valence-corrected chi connectivity index (χ2v) is 8.95. The van der Waals surface area contributed by atoms with Crippen LogP contribution < -0.4 is 0 Å². The summed E-state index contributed by atoms with van der Waals surface area (Å²) in [6, 6.07) is 18.3. The van der Waals surface area contributed by atoms with E-state index in [-0.39, 0.29) is 18.3 Å². The molecule has 2 aromatic carbocycles. The topological polar surface area (TPSA) is 74.3 Å². The van der Waals surface area contributed by atoms with Crippen LogP contribution in [-0.2, 0) is 11.3 Å². The lowest BCUT2D eigenvalue weighted by Crippen LogP contribution is -2.41. The van der Waals surface area contributed by atoms with Gasteiger partial charge in [0.05, 0.1) is 13.2 Å². The molecule has 4 heterocycles. The Kier molecular flexibility index (Phi) is 6.81. The van der Waals surface area contributed by atoms with Crippen molar-refractivity contribution in [3.05, 3.63) is 71.9 Å². The molecule has 2 aliphatic heterocycles. The lowest BCUT2D eigenvalue weighted by molar-refractivity contribution is 0.0342. The van der Waals surface area contributed by atoms with Crippen molar-refractivity contribution in [3.8, 4) is 22.5 Å². The Balaban J connectivity index is 0.00000253. The second-order valence-electron chi connectivity index (χ2n) is 8.95. The van der Waals surface area contributed by atoms with Crippen LogP contribution in [0.1, 0.15) is 22.3 Å². The van der Waals surface area contributed by atoms with Gasteiger partial charge in [0.25, 0.3) is 5.91 Å². The van der Waals surface area contributed by atoms with E-state index in [1.54, 1.807) is 6.20 Å². The molecule has 0 spiro atoms. The molecular formula is C27H28ClN5O2. The minimum atomic E-state index is 0. The number of aromatic nitrogens is 3. The van der Waals surface area contributed by atoms with E-state index in [1.807, 2.05) is 35.2 Å². The number of aromatic amines is 1. The molecule has 1 N–H and O–H groups in total. The van der Waals surface area contributed by atoms with E-state index in [2.05, 4.69) is 39.1 Å². The lowest BCUT2D eigenvalue weighted by Gasteiger charge is -2.30. The van der Waals surface area contributed by atoms with Gasteiger partial charge < -0.3 is 14.6 Å². The molecule has 0 aliphatic carbocycles. The predicted octanol–water partition coefficient (Wildman–Crippen LogP) is 4.39. The summed E-state index contributed by atoms with van der Waals surface area (Å²) in [5, 5.41) is 0. The van der Waals surface area contributed by atoms with Crippen molar-refractivity contribution in [1.29, 1.82) is 0 Å². The first-order valence-electron chi connectivity index (χ1n) is 11.9. The number of H-pyrrole nitrogens is 1. The van der Waals surface area contributed by atoms with E-state index in [4.69, 9.17) is 9.72 Å². The fourth-order valence-electron chi connectivity index (χ4n) is 4.56. The minimum Gasteiger partial charge on any atom is -0.379 e. The van der Waals surface area contributed by atoms with Crippen molar-refractivity contribution in [1.82, 2.24) is 24.8 Å². The molecular weight excluding hydrogens is 462 g/mol. The van der Waals surface area contributed by atoms with Gasteiger partial charge in [-0.15, -0.1) is 12.4 Å². The van der Waals surface area contributed by atoms with Gasteiger partial charge in [-0.1, -0.05) is 36.4 Å². The number of carbonyl (C=O) groups is 1. The molecule has 0 unspecified atom stereocenters. The van der Waals surface area contributed by atoms with E-state index in [9.17, 15) is 4.79 Å². The third kappa shape index (κ3) is 4.80. The molecule has 1 amide bonds. The summed E-state index contributed by atoms with van der Waals surface area (Å²) in [7, 11) is 0. The van der Waals surface area contributed by atoms with Crippen LogP contribution >= 0.6 is 12.4 Å². The molecule has 6 rings (SSSR count). The molecule has 180 valence electrons. The number of fused-ring (bicyclic) bond motifs is 1. The maximum atomic E-state index is 12.5. The van der Waals surface area contributed by atoms with E-state index in [0.717, 1.165) is 91.6 Å². The number of pyridine rings is 1. The number of ether oxygens (including phenoxy) is 1. The number of carbonyl (C=O) groups excluding carboxylic acids is 1. The first-order valence-corrected chi connectivity index (χ1v) is 11.9. The quantitative estimate of drug-likeness (QED) is 0.450. The van der Waals surface area contributed by atoms with E-state index >= 15 is 0 Å². The molecule has 2 aliphatic rings. The summed E-state index contributed by atoms with van der Waals surface area (Å²) in [5.41, 5.74) is 6.65. The molecule has 2 saturated heterocycles. The van der Waals surface area contributed by atoms with Crippen LogP contribution in [0.15, 0.2) is 60.8 Å². The Labute approximate surface area is 210 Å². The molecule has 4 aromatic rings. The third-order valence-electron chi connectivity index (χ3n) is 6.71. The molecule has 0 radical (unpaired) electrons. The van der Waals surface area contributed by atoms with Crippen molar-refractivity contribution < 1.29 is 9.53 Å². The Hall–Kier alpha value is -3.26. The number of morpholine rings is 1. The maximum absolute atomic E-state index is 12.5. The number of nitrogens with zero attached hydrogens (tertiary/aromatic N) is 4. The molecule has 8 heteroatoms. The van der Waals surface area contributed by atoms with Crippen molar-refractivity contribution in [2.45, 2.75) is 13.0 Å². The Bertz CT molecular complexity index is 1310. The predicted molar refractivity (Wildman–Crippen MR) is 139 cm³/mol. The fraction of sp³-hybridized carbons (Fsp3) is 0.296. The van der Waals surface area contributed by atoms with Gasteiger partial charge in [-0.2, -0.15) is 0 Å². The monoisotopic (exact) mass is 489 g/mol. The maximum Gasteiger partial charge on any atom is 0.253 e. The normalized spacial score (nSPS) is 16.1. The summed E-state index contributed by atoms with van der Waals surface area (Å²) in [6.07, 6.45) is 2.89. The summed E-state index contributed by atoms with van der Waals surface area (Å²) in [4.78, 5) is 29.5. The molecule has 0 atom stereocenters. The largest absolute Gasteiger partial charge is 0.379 e. The van der Waals surface area contributed by atoms with Crippen LogP contribution in [0.3, 0.4) is 0 Å². The van der Waals surface area contributed by atoms with Crippen molar-refractivity contribution in [3.63, 3.8) is 0 Å².